The highest BCUT2D eigenvalue weighted by molar-refractivity contribution is 5.67. The topological polar surface area (TPSA) is 50.8 Å². The van der Waals surface area contributed by atoms with Gasteiger partial charge < -0.3 is 14.8 Å². The molecule has 1 heterocycles. The van der Waals surface area contributed by atoms with Crippen molar-refractivity contribution < 1.29 is 14.3 Å². The maximum Gasteiger partial charge on any atom is 0.408 e. The highest BCUT2D eigenvalue weighted by Gasteiger charge is 2.33. The van der Waals surface area contributed by atoms with Crippen LogP contribution >= 0.6 is 0 Å². The molecule has 1 rings (SSSR count). The van der Waals surface area contributed by atoms with Gasteiger partial charge in [0.15, 0.2) is 6.23 Å². The van der Waals surface area contributed by atoms with Gasteiger partial charge in [0.25, 0.3) is 0 Å². The Morgan fingerprint density at radius 1 is 0.844 bits per heavy atom. The van der Waals surface area contributed by atoms with E-state index in [0.717, 1.165) is 13.0 Å². The first-order chi connectivity index (χ1) is 15.6. The summed E-state index contributed by atoms with van der Waals surface area (Å²) in [6.07, 6.45) is 21.2. The van der Waals surface area contributed by atoms with Crippen molar-refractivity contribution in [2.24, 2.45) is 5.92 Å². The molecule has 0 aliphatic carbocycles. The van der Waals surface area contributed by atoms with Crippen LogP contribution in [0.15, 0.2) is 0 Å². The number of hydrogen-bond donors (Lipinski definition) is 1. The van der Waals surface area contributed by atoms with Crippen molar-refractivity contribution in [1.29, 1.82) is 0 Å². The minimum absolute atomic E-state index is 0.0399. The SMILES string of the molecule is CCCCCCCCCCCCCCCCCCNC(=O)OC(C)N1CCOC1C(C)C. The van der Waals surface area contributed by atoms with Gasteiger partial charge >= 0.3 is 6.09 Å². The lowest BCUT2D eigenvalue weighted by molar-refractivity contribution is -0.0799. The summed E-state index contributed by atoms with van der Waals surface area (Å²) < 4.78 is 11.3. The van der Waals surface area contributed by atoms with Gasteiger partial charge in [0.05, 0.1) is 6.61 Å². The number of hydrogen-bond acceptors (Lipinski definition) is 4. The second kappa shape index (κ2) is 19.6. The quantitative estimate of drug-likeness (QED) is 0.192. The molecule has 0 spiro atoms. The Morgan fingerprint density at radius 2 is 1.31 bits per heavy atom. The second-order valence-corrected chi connectivity index (χ2v) is 9.98. The Hall–Kier alpha value is -0.810. The Kier molecular flexibility index (Phi) is 17.9. The van der Waals surface area contributed by atoms with Crippen molar-refractivity contribution in [2.75, 3.05) is 19.7 Å². The number of carbonyl (C=O) groups is 1. The van der Waals surface area contributed by atoms with E-state index < -0.39 is 0 Å². The van der Waals surface area contributed by atoms with E-state index in [9.17, 15) is 4.79 Å². The third-order valence-electron chi connectivity index (χ3n) is 6.58. The monoisotopic (exact) mass is 454 g/mol. The van der Waals surface area contributed by atoms with Crippen LogP contribution in [0.2, 0.25) is 0 Å². The highest BCUT2D eigenvalue weighted by Crippen LogP contribution is 2.21. The number of unbranched alkanes of at least 4 members (excludes halogenated alkanes) is 15. The average molecular weight is 455 g/mol. The molecule has 0 aromatic rings. The highest BCUT2D eigenvalue weighted by atomic mass is 16.6. The Labute approximate surface area is 199 Å². The molecule has 1 saturated heterocycles. The summed E-state index contributed by atoms with van der Waals surface area (Å²) in [4.78, 5) is 14.2. The van der Waals surface area contributed by atoms with Crippen molar-refractivity contribution in [2.45, 2.75) is 143 Å². The van der Waals surface area contributed by atoms with E-state index in [4.69, 9.17) is 9.47 Å². The number of nitrogens with zero attached hydrogens (tertiary/aromatic N) is 1. The molecule has 1 amide bonds. The summed E-state index contributed by atoms with van der Waals surface area (Å²) in [5.41, 5.74) is 0. The molecule has 0 aromatic heterocycles. The summed E-state index contributed by atoms with van der Waals surface area (Å²) >= 11 is 0. The van der Waals surface area contributed by atoms with Gasteiger partial charge in [-0.2, -0.15) is 0 Å². The molecule has 5 heteroatoms. The zero-order valence-electron chi connectivity index (χ0n) is 21.8. The van der Waals surface area contributed by atoms with Crippen LogP contribution in [0, 0.1) is 5.92 Å². The van der Waals surface area contributed by atoms with Crippen molar-refractivity contribution in [3.8, 4) is 0 Å². The van der Waals surface area contributed by atoms with Crippen LogP contribution in [0.4, 0.5) is 4.79 Å². The van der Waals surface area contributed by atoms with Gasteiger partial charge in [-0.05, 0) is 19.3 Å². The van der Waals surface area contributed by atoms with Crippen LogP contribution in [0.3, 0.4) is 0 Å². The first-order valence-corrected chi connectivity index (χ1v) is 13.9. The standard InChI is InChI=1S/C27H54N2O3/c1-5-6-7-8-9-10-11-12-13-14-15-16-17-18-19-20-21-28-27(30)32-25(4)29-22-23-31-26(29)24(2)3/h24-26H,5-23H2,1-4H3,(H,28,30). The van der Waals surface area contributed by atoms with Gasteiger partial charge in [-0.25, -0.2) is 9.69 Å². The lowest BCUT2D eigenvalue weighted by Crippen LogP contribution is -2.44. The molecule has 2 atom stereocenters. The predicted octanol–water partition coefficient (Wildman–Crippen LogP) is 7.63. The molecule has 190 valence electrons. The molecule has 0 saturated carbocycles. The molecule has 1 aliphatic rings. The summed E-state index contributed by atoms with van der Waals surface area (Å²) in [5, 5.41) is 2.90. The van der Waals surface area contributed by atoms with E-state index in [1.165, 1.54) is 96.3 Å². The Bertz CT molecular complexity index is 445. The first kappa shape index (κ1) is 29.2. The smallest absolute Gasteiger partial charge is 0.408 e. The van der Waals surface area contributed by atoms with E-state index in [2.05, 4.69) is 31.0 Å². The van der Waals surface area contributed by atoms with Gasteiger partial charge in [0.2, 0.25) is 0 Å². The van der Waals surface area contributed by atoms with E-state index in [1.807, 2.05) is 6.92 Å². The first-order valence-electron chi connectivity index (χ1n) is 13.9. The Balaban J connectivity index is 1.84. The molecular weight excluding hydrogens is 400 g/mol. The molecule has 0 radical (unpaired) electrons. The molecule has 0 aromatic carbocycles. The second-order valence-electron chi connectivity index (χ2n) is 9.98. The average Bonchev–Trinajstić information content (AvgIpc) is 3.26. The Morgan fingerprint density at radius 3 is 1.78 bits per heavy atom. The fourth-order valence-corrected chi connectivity index (χ4v) is 4.59. The molecule has 1 N–H and O–H groups in total. The number of amides is 1. The molecule has 32 heavy (non-hydrogen) atoms. The van der Waals surface area contributed by atoms with Crippen LogP contribution in [0.5, 0.6) is 0 Å². The van der Waals surface area contributed by atoms with E-state index >= 15 is 0 Å². The van der Waals surface area contributed by atoms with Gasteiger partial charge in [0, 0.05) is 13.1 Å². The van der Waals surface area contributed by atoms with E-state index in [1.54, 1.807) is 0 Å². The number of nitrogens with one attached hydrogen (secondary N) is 1. The summed E-state index contributed by atoms with van der Waals surface area (Å²) in [7, 11) is 0. The third kappa shape index (κ3) is 14.4. The zero-order chi connectivity index (χ0) is 23.4. The predicted molar refractivity (Wildman–Crippen MR) is 135 cm³/mol. The lowest BCUT2D eigenvalue weighted by atomic mass is 10.0. The molecule has 0 bridgehead atoms. The number of alkyl carbamates (subject to hydrolysis) is 1. The van der Waals surface area contributed by atoms with Gasteiger partial charge in [-0.3, -0.25) is 0 Å². The van der Waals surface area contributed by atoms with E-state index in [0.29, 0.717) is 19.1 Å². The van der Waals surface area contributed by atoms with Gasteiger partial charge in [0.1, 0.15) is 6.23 Å². The van der Waals surface area contributed by atoms with E-state index in [-0.39, 0.29) is 18.5 Å². The number of ether oxygens (including phenoxy) is 2. The largest absolute Gasteiger partial charge is 0.430 e. The van der Waals surface area contributed by atoms with Gasteiger partial charge in [-0.1, -0.05) is 117 Å². The summed E-state index contributed by atoms with van der Waals surface area (Å²) in [5.74, 6) is 0.386. The van der Waals surface area contributed by atoms with Crippen molar-refractivity contribution in [1.82, 2.24) is 10.2 Å². The number of rotatable bonds is 20. The summed E-state index contributed by atoms with van der Waals surface area (Å²) in [6.45, 7) is 10.7. The van der Waals surface area contributed by atoms with Crippen LogP contribution in [0.1, 0.15) is 130 Å². The molecule has 5 nitrogen and oxygen atoms in total. The molecular formula is C27H54N2O3. The fourth-order valence-electron chi connectivity index (χ4n) is 4.59. The summed E-state index contributed by atoms with van der Waals surface area (Å²) in [6, 6.07) is 0. The van der Waals surface area contributed by atoms with Crippen molar-refractivity contribution in [3.63, 3.8) is 0 Å². The van der Waals surface area contributed by atoms with Crippen molar-refractivity contribution in [3.05, 3.63) is 0 Å². The third-order valence-corrected chi connectivity index (χ3v) is 6.58. The minimum atomic E-state index is -0.312. The van der Waals surface area contributed by atoms with Crippen LogP contribution in [0.25, 0.3) is 0 Å². The zero-order valence-corrected chi connectivity index (χ0v) is 21.8. The van der Waals surface area contributed by atoms with Crippen LogP contribution in [-0.2, 0) is 9.47 Å². The molecule has 2 unspecified atom stereocenters. The fraction of sp³-hybridized carbons (Fsp3) is 0.963. The van der Waals surface area contributed by atoms with Gasteiger partial charge in [-0.15, -0.1) is 0 Å². The molecule has 1 fully saturated rings. The van der Waals surface area contributed by atoms with Crippen LogP contribution in [-0.4, -0.2) is 43.1 Å². The minimum Gasteiger partial charge on any atom is -0.430 e. The lowest BCUT2D eigenvalue weighted by Gasteiger charge is -2.30. The van der Waals surface area contributed by atoms with Crippen LogP contribution < -0.4 is 5.32 Å². The maximum absolute atomic E-state index is 12.0. The maximum atomic E-state index is 12.0. The van der Waals surface area contributed by atoms with Crippen molar-refractivity contribution >= 4 is 6.09 Å². The molecule has 1 aliphatic heterocycles. The number of carbonyl (C=O) groups excluding carboxylic acids is 1. The normalized spacial score (nSPS) is 17.7.